The second-order valence-corrected chi connectivity index (χ2v) is 1.58. The molecule has 0 radical (unpaired) electrons. The summed E-state index contributed by atoms with van der Waals surface area (Å²) < 4.78 is 3.85. The normalized spacial score (nSPS) is 8.83. The van der Waals surface area contributed by atoms with E-state index in [0.717, 1.165) is 5.82 Å². The third kappa shape index (κ3) is 0.542. The van der Waals surface area contributed by atoms with Gasteiger partial charge in [-0.25, -0.2) is 4.98 Å². The minimum atomic E-state index is 0.861. The predicted molar refractivity (Wildman–Crippen MR) is 24.6 cm³/mol. The van der Waals surface area contributed by atoms with Gasteiger partial charge >= 0.3 is 0 Å². The molecule has 6 heavy (non-hydrogen) atoms. The second kappa shape index (κ2) is 1.34. The molecule has 0 N–H and O–H groups in total. The van der Waals surface area contributed by atoms with Crippen LogP contribution in [0.15, 0.2) is 5.51 Å². The van der Waals surface area contributed by atoms with E-state index in [1.165, 1.54) is 11.5 Å². The third-order valence-corrected chi connectivity index (χ3v) is 1.04. The van der Waals surface area contributed by atoms with Gasteiger partial charge in [0.1, 0.15) is 11.3 Å². The van der Waals surface area contributed by atoms with Crippen LogP contribution < -0.4 is 0 Å². The summed E-state index contributed by atoms with van der Waals surface area (Å²) in [5, 5.41) is 0. The molecule has 1 heterocycles. The van der Waals surface area contributed by atoms with Gasteiger partial charge in [0.05, 0.1) is 0 Å². The molecule has 0 aromatic carbocycles. The lowest BCUT2D eigenvalue weighted by molar-refractivity contribution is 1.17. The summed E-state index contributed by atoms with van der Waals surface area (Å²) >= 11 is 1.38. The van der Waals surface area contributed by atoms with Gasteiger partial charge in [-0.05, 0) is 18.5 Å². The van der Waals surface area contributed by atoms with Crippen molar-refractivity contribution < 1.29 is 0 Å². The van der Waals surface area contributed by atoms with E-state index in [1.807, 2.05) is 6.92 Å². The summed E-state index contributed by atoms with van der Waals surface area (Å²) in [6.07, 6.45) is 0. The van der Waals surface area contributed by atoms with Crippen molar-refractivity contribution in [1.29, 1.82) is 0 Å². The molecule has 2 nitrogen and oxygen atoms in total. The molecule has 0 amide bonds. The van der Waals surface area contributed by atoms with E-state index in [0.29, 0.717) is 0 Å². The molecule has 0 spiro atoms. The molecule has 32 valence electrons. The fourth-order valence-corrected chi connectivity index (χ4v) is 0.670. The van der Waals surface area contributed by atoms with Gasteiger partial charge in [0, 0.05) is 0 Å². The molecular weight excluding hydrogens is 96.1 g/mol. The molecule has 3 heteroatoms. The van der Waals surface area contributed by atoms with Crippen LogP contribution in [0.2, 0.25) is 0 Å². The van der Waals surface area contributed by atoms with Gasteiger partial charge in [-0.2, -0.15) is 4.37 Å². The lowest BCUT2D eigenvalue weighted by atomic mass is 10.8. The Morgan fingerprint density at radius 2 is 2.67 bits per heavy atom. The van der Waals surface area contributed by atoms with E-state index in [-0.39, 0.29) is 0 Å². The number of aryl methyl sites for hydroxylation is 1. The standard InChI is InChI=1S/C3H4N2S/c1-3-4-2-6-5-3/h2H,1H3. The van der Waals surface area contributed by atoms with Crippen molar-refractivity contribution in [3.63, 3.8) is 0 Å². The second-order valence-electron chi connectivity index (χ2n) is 0.978. The van der Waals surface area contributed by atoms with Crippen LogP contribution in [0.5, 0.6) is 0 Å². The smallest absolute Gasteiger partial charge is 0.139 e. The lowest BCUT2D eigenvalue weighted by Gasteiger charge is -1.63. The Labute approximate surface area is 40.0 Å². The molecule has 1 aromatic heterocycles. The molecule has 0 atom stereocenters. The molecule has 0 saturated carbocycles. The first-order valence-corrected chi connectivity index (χ1v) is 2.46. The van der Waals surface area contributed by atoms with Gasteiger partial charge in [0.2, 0.25) is 0 Å². The average molecular weight is 100 g/mol. The van der Waals surface area contributed by atoms with Crippen LogP contribution in [0, 0.1) is 6.92 Å². The first kappa shape index (κ1) is 3.74. The predicted octanol–water partition coefficient (Wildman–Crippen LogP) is 0.847. The minimum absolute atomic E-state index is 0.861. The van der Waals surface area contributed by atoms with Crippen molar-refractivity contribution in [2.24, 2.45) is 0 Å². The Morgan fingerprint density at radius 1 is 1.83 bits per heavy atom. The molecule has 0 aliphatic rings. The van der Waals surface area contributed by atoms with E-state index in [9.17, 15) is 0 Å². The first-order valence-electron chi connectivity index (χ1n) is 1.62. The van der Waals surface area contributed by atoms with Crippen LogP contribution in [-0.4, -0.2) is 9.36 Å². The zero-order valence-electron chi connectivity index (χ0n) is 3.38. The van der Waals surface area contributed by atoms with E-state index < -0.39 is 0 Å². The highest BCUT2D eigenvalue weighted by Crippen LogP contribution is 1.87. The fraction of sp³-hybridized carbons (Fsp3) is 0.333. The van der Waals surface area contributed by atoms with Crippen LogP contribution in [0.3, 0.4) is 0 Å². The van der Waals surface area contributed by atoms with Crippen molar-refractivity contribution in [2.75, 3.05) is 0 Å². The van der Waals surface area contributed by atoms with Crippen LogP contribution in [0.25, 0.3) is 0 Å². The quantitative estimate of drug-likeness (QED) is 0.483. The summed E-state index contributed by atoms with van der Waals surface area (Å²) in [4.78, 5) is 3.82. The van der Waals surface area contributed by atoms with Crippen molar-refractivity contribution in [3.05, 3.63) is 11.3 Å². The van der Waals surface area contributed by atoms with Gasteiger partial charge in [-0.1, -0.05) is 0 Å². The summed E-state index contributed by atoms with van der Waals surface area (Å²) in [6, 6.07) is 0. The average Bonchev–Trinajstić information content (AvgIpc) is 1.86. The highest BCUT2D eigenvalue weighted by molar-refractivity contribution is 7.03. The van der Waals surface area contributed by atoms with Crippen molar-refractivity contribution in [3.8, 4) is 0 Å². The van der Waals surface area contributed by atoms with Crippen molar-refractivity contribution >= 4 is 11.5 Å². The van der Waals surface area contributed by atoms with E-state index in [2.05, 4.69) is 9.36 Å². The number of hydrogen-bond donors (Lipinski definition) is 0. The van der Waals surface area contributed by atoms with Crippen LogP contribution >= 0.6 is 11.5 Å². The maximum atomic E-state index is 3.85. The SMILES string of the molecule is Cc1ncsn1. The van der Waals surface area contributed by atoms with Crippen LogP contribution in [0.4, 0.5) is 0 Å². The van der Waals surface area contributed by atoms with Crippen molar-refractivity contribution in [2.45, 2.75) is 6.92 Å². The van der Waals surface area contributed by atoms with E-state index >= 15 is 0 Å². The number of rotatable bonds is 0. The Kier molecular flexibility index (Phi) is 0.837. The largest absolute Gasteiger partial charge is 0.228 e. The zero-order chi connectivity index (χ0) is 4.41. The molecule has 1 aromatic rings. The van der Waals surface area contributed by atoms with Gasteiger partial charge < -0.3 is 0 Å². The third-order valence-electron chi connectivity index (χ3n) is 0.471. The summed E-state index contributed by atoms with van der Waals surface area (Å²) in [5.74, 6) is 0.861. The first-order chi connectivity index (χ1) is 2.89. The number of aromatic nitrogens is 2. The number of hydrogen-bond acceptors (Lipinski definition) is 3. The Bertz CT molecular complexity index is 112. The summed E-state index contributed by atoms with van der Waals surface area (Å²) in [6.45, 7) is 1.87. The fourth-order valence-electron chi connectivity index (χ4n) is 0.223. The Hall–Kier alpha value is -0.440. The van der Waals surface area contributed by atoms with E-state index in [4.69, 9.17) is 0 Å². The summed E-state index contributed by atoms with van der Waals surface area (Å²) in [7, 11) is 0. The maximum absolute atomic E-state index is 3.85. The summed E-state index contributed by atoms with van der Waals surface area (Å²) in [5.41, 5.74) is 1.72. The van der Waals surface area contributed by atoms with Gasteiger partial charge in [-0.3, -0.25) is 0 Å². The topological polar surface area (TPSA) is 25.8 Å². The van der Waals surface area contributed by atoms with Crippen molar-refractivity contribution in [1.82, 2.24) is 9.36 Å². The molecular formula is C3H4N2S. The Balaban J connectivity index is 3.05. The monoisotopic (exact) mass is 100 g/mol. The highest BCUT2D eigenvalue weighted by atomic mass is 32.1. The molecule has 0 aliphatic carbocycles. The Morgan fingerprint density at radius 3 is 2.83 bits per heavy atom. The molecule has 0 unspecified atom stereocenters. The molecule has 0 bridgehead atoms. The molecule has 1 rings (SSSR count). The lowest BCUT2D eigenvalue weighted by Crippen LogP contribution is -1.66. The zero-order valence-corrected chi connectivity index (χ0v) is 4.20. The van der Waals surface area contributed by atoms with Crippen LogP contribution in [-0.2, 0) is 0 Å². The highest BCUT2D eigenvalue weighted by Gasteiger charge is 1.77. The number of nitrogens with zero attached hydrogens (tertiary/aromatic N) is 2. The molecule has 0 saturated heterocycles. The maximum Gasteiger partial charge on any atom is 0.139 e. The van der Waals surface area contributed by atoms with Crippen LogP contribution in [0.1, 0.15) is 5.82 Å². The molecule has 0 aliphatic heterocycles. The molecule has 0 fully saturated rings. The minimum Gasteiger partial charge on any atom is -0.228 e. The van der Waals surface area contributed by atoms with Gasteiger partial charge in [0.25, 0.3) is 0 Å². The van der Waals surface area contributed by atoms with Gasteiger partial charge in [-0.15, -0.1) is 0 Å². The van der Waals surface area contributed by atoms with E-state index in [1.54, 1.807) is 5.51 Å². The van der Waals surface area contributed by atoms with Gasteiger partial charge in [0.15, 0.2) is 0 Å².